The highest BCUT2D eigenvalue weighted by Crippen LogP contribution is 2.26. The summed E-state index contributed by atoms with van der Waals surface area (Å²) in [5.74, 6) is 2.60. The molecule has 2 saturated heterocycles. The summed E-state index contributed by atoms with van der Waals surface area (Å²) < 4.78 is 5.33. The first kappa shape index (κ1) is 14.6. The van der Waals surface area contributed by atoms with Gasteiger partial charge in [-0.15, -0.1) is 0 Å². The lowest BCUT2D eigenvalue weighted by molar-refractivity contribution is 0.230. The van der Waals surface area contributed by atoms with Crippen LogP contribution in [-0.4, -0.2) is 52.2 Å². The molecule has 0 saturated carbocycles. The van der Waals surface area contributed by atoms with Crippen LogP contribution in [0, 0.1) is 0 Å². The minimum absolute atomic E-state index is 0.266. The van der Waals surface area contributed by atoms with Crippen molar-refractivity contribution in [3.8, 4) is 11.5 Å². The number of rotatable bonds is 3. The van der Waals surface area contributed by atoms with Crippen LogP contribution in [0.4, 0.5) is 5.82 Å². The second-order valence-electron chi connectivity index (χ2n) is 6.80. The first-order valence-corrected chi connectivity index (χ1v) is 8.50. The molecule has 0 unspecified atom stereocenters. The standard InChI is InChI=1S/C17H23N5O/c1-12(2)16-19-17(23-20-16)13-5-6-15(18-10-13)22-9-8-21-7-3-4-14(21)11-22/h5-6,10,12,14H,3-4,7-9,11H2,1-2H3/t14-/m1/s1. The van der Waals surface area contributed by atoms with Crippen molar-refractivity contribution in [3.05, 3.63) is 24.2 Å². The predicted molar refractivity (Wildman–Crippen MR) is 88.4 cm³/mol. The lowest BCUT2D eigenvalue weighted by Crippen LogP contribution is -2.50. The van der Waals surface area contributed by atoms with Gasteiger partial charge in [-0.1, -0.05) is 19.0 Å². The summed E-state index contributed by atoms with van der Waals surface area (Å²) in [5.41, 5.74) is 0.882. The summed E-state index contributed by atoms with van der Waals surface area (Å²) in [7, 11) is 0. The number of piperazine rings is 1. The van der Waals surface area contributed by atoms with E-state index in [1.165, 1.54) is 19.4 Å². The van der Waals surface area contributed by atoms with Gasteiger partial charge >= 0.3 is 0 Å². The Morgan fingerprint density at radius 3 is 2.87 bits per heavy atom. The van der Waals surface area contributed by atoms with Crippen molar-refractivity contribution in [1.29, 1.82) is 0 Å². The molecule has 0 spiro atoms. The van der Waals surface area contributed by atoms with Crippen LogP contribution in [0.3, 0.4) is 0 Å². The molecular weight excluding hydrogens is 290 g/mol. The summed E-state index contributed by atoms with van der Waals surface area (Å²) in [4.78, 5) is 14.1. The largest absolute Gasteiger partial charge is 0.354 e. The maximum atomic E-state index is 5.33. The summed E-state index contributed by atoms with van der Waals surface area (Å²) in [6.45, 7) is 8.67. The number of aromatic nitrogens is 3. The second kappa shape index (κ2) is 5.92. The van der Waals surface area contributed by atoms with E-state index in [2.05, 4.69) is 44.8 Å². The maximum Gasteiger partial charge on any atom is 0.259 e. The van der Waals surface area contributed by atoms with E-state index in [0.717, 1.165) is 36.8 Å². The normalized spacial score (nSPS) is 21.9. The molecule has 2 fully saturated rings. The highest BCUT2D eigenvalue weighted by Gasteiger charge is 2.30. The number of fused-ring (bicyclic) bond motifs is 1. The number of hydrogen-bond acceptors (Lipinski definition) is 6. The van der Waals surface area contributed by atoms with Crippen LogP contribution < -0.4 is 4.90 Å². The van der Waals surface area contributed by atoms with Crippen molar-refractivity contribution in [2.24, 2.45) is 0 Å². The van der Waals surface area contributed by atoms with E-state index in [9.17, 15) is 0 Å². The van der Waals surface area contributed by atoms with E-state index in [-0.39, 0.29) is 5.92 Å². The molecule has 2 aromatic heterocycles. The molecule has 6 nitrogen and oxygen atoms in total. The lowest BCUT2D eigenvalue weighted by Gasteiger charge is -2.38. The zero-order valence-electron chi connectivity index (χ0n) is 13.8. The molecule has 2 aliphatic rings. The Hall–Kier alpha value is -1.95. The highest BCUT2D eigenvalue weighted by atomic mass is 16.5. The average molecular weight is 313 g/mol. The van der Waals surface area contributed by atoms with E-state index < -0.39 is 0 Å². The molecule has 0 amide bonds. The van der Waals surface area contributed by atoms with Crippen molar-refractivity contribution >= 4 is 5.82 Å². The molecule has 122 valence electrons. The fourth-order valence-electron chi connectivity index (χ4n) is 3.49. The zero-order valence-corrected chi connectivity index (χ0v) is 13.8. The zero-order chi connectivity index (χ0) is 15.8. The molecule has 4 heterocycles. The quantitative estimate of drug-likeness (QED) is 0.868. The Kier molecular flexibility index (Phi) is 3.77. The van der Waals surface area contributed by atoms with Gasteiger partial charge < -0.3 is 9.42 Å². The summed E-state index contributed by atoms with van der Waals surface area (Å²) in [5, 5.41) is 4.01. The van der Waals surface area contributed by atoms with Crippen LogP contribution in [0.15, 0.2) is 22.9 Å². The van der Waals surface area contributed by atoms with Gasteiger partial charge in [0.2, 0.25) is 0 Å². The predicted octanol–water partition coefficient (Wildman–Crippen LogP) is 2.54. The Morgan fingerprint density at radius 2 is 2.13 bits per heavy atom. The van der Waals surface area contributed by atoms with E-state index in [1.807, 2.05) is 12.3 Å². The Morgan fingerprint density at radius 1 is 1.22 bits per heavy atom. The van der Waals surface area contributed by atoms with Crippen molar-refractivity contribution in [2.45, 2.75) is 38.6 Å². The second-order valence-corrected chi connectivity index (χ2v) is 6.80. The van der Waals surface area contributed by atoms with Crippen LogP contribution in [-0.2, 0) is 0 Å². The molecule has 23 heavy (non-hydrogen) atoms. The van der Waals surface area contributed by atoms with Gasteiger partial charge in [-0.05, 0) is 31.5 Å². The Balaban J connectivity index is 1.49. The van der Waals surface area contributed by atoms with Gasteiger partial charge in [0.05, 0.1) is 5.56 Å². The summed E-state index contributed by atoms with van der Waals surface area (Å²) in [6, 6.07) is 4.80. The number of nitrogens with zero attached hydrogens (tertiary/aromatic N) is 5. The molecule has 1 atom stereocenters. The molecule has 0 N–H and O–H groups in total. The monoisotopic (exact) mass is 313 g/mol. The van der Waals surface area contributed by atoms with E-state index >= 15 is 0 Å². The summed E-state index contributed by atoms with van der Waals surface area (Å²) in [6.07, 6.45) is 4.49. The fraction of sp³-hybridized carbons (Fsp3) is 0.588. The maximum absolute atomic E-state index is 5.33. The molecule has 2 aromatic rings. The van der Waals surface area contributed by atoms with Crippen LogP contribution in [0.1, 0.15) is 38.4 Å². The first-order chi connectivity index (χ1) is 11.2. The van der Waals surface area contributed by atoms with E-state index in [0.29, 0.717) is 11.9 Å². The third-order valence-electron chi connectivity index (χ3n) is 4.86. The van der Waals surface area contributed by atoms with Crippen molar-refractivity contribution < 1.29 is 4.52 Å². The van der Waals surface area contributed by atoms with Gasteiger partial charge in [0.1, 0.15) is 5.82 Å². The Bertz CT molecular complexity index is 666. The van der Waals surface area contributed by atoms with Crippen LogP contribution in [0.2, 0.25) is 0 Å². The summed E-state index contributed by atoms with van der Waals surface area (Å²) >= 11 is 0. The molecule has 0 aliphatic carbocycles. The number of hydrogen-bond donors (Lipinski definition) is 0. The lowest BCUT2D eigenvalue weighted by atomic mass is 10.1. The van der Waals surface area contributed by atoms with Gasteiger partial charge in [-0.3, -0.25) is 4.90 Å². The number of anilines is 1. The van der Waals surface area contributed by atoms with Gasteiger partial charge in [0, 0.05) is 37.8 Å². The van der Waals surface area contributed by atoms with Crippen LogP contribution >= 0.6 is 0 Å². The third-order valence-corrected chi connectivity index (χ3v) is 4.86. The van der Waals surface area contributed by atoms with E-state index in [1.54, 1.807) is 0 Å². The molecule has 6 heteroatoms. The average Bonchev–Trinajstić information content (AvgIpc) is 3.23. The van der Waals surface area contributed by atoms with Crippen molar-refractivity contribution in [1.82, 2.24) is 20.0 Å². The SMILES string of the molecule is CC(C)c1noc(-c2ccc(N3CCN4CCC[C@@H]4C3)nc2)n1. The minimum Gasteiger partial charge on any atom is -0.354 e. The van der Waals surface area contributed by atoms with E-state index in [4.69, 9.17) is 4.52 Å². The van der Waals surface area contributed by atoms with Gasteiger partial charge in [-0.25, -0.2) is 4.98 Å². The number of pyridine rings is 1. The minimum atomic E-state index is 0.266. The molecule has 2 aliphatic heterocycles. The smallest absolute Gasteiger partial charge is 0.259 e. The molecule has 0 aromatic carbocycles. The molecular formula is C17H23N5O. The Labute approximate surface area is 136 Å². The molecule has 4 rings (SSSR count). The fourth-order valence-corrected chi connectivity index (χ4v) is 3.49. The highest BCUT2D eigenvalue weighted by molar-refractivity contribution is 5.55. The van der Waals surface area contributed by atoms with Crippen molar-refractivity contribution in [2.75, 3.05) is 31.1 Å². The molecule has 0 bridgehead atoms. The topological polar surface area (TPSA) is 58.3 Å². The van der Waals surface area contributed by atoms with Crippen molar-refractivity contribution in [3.63, 3.8) is 0 Å². The van der Waals surface area contributed by atoms with Gasteiger partial charge in [0.25, 0.3) is 5.89 Å². The first-order valence-electron chi connectivity index (χ1n) is 8.50. The van der Waals surface area contributed by atoms with Gasteiger partial charge in [0.15, 0.2) is 5.82 Å². The van der Waals surface area contributed by atoms with Crippen LogP contribution in [0.25, 0.3) is 11.5 Å². The van der Waals surface area contributed by atoms with Gasteiger partial charge in [-0.2, -0.15) is 4.98 Å². The third kappa shape index (κ3) is 2.83. The van der Waals surface area contributed by atoms with Crippen LogP contribution in [0.5, 0.6) is 0 Å². The molecule has 0 radical (unpaired) electrons.